The van der Waals surface area contributed by atoms with Gasteiger partial charge in [0, 0.05) is 5.69 Å². The van der Waals surface area contributed by atoms with Crippen LogP contribution in [0.1, 0.15) is 24.7 Å². The maximum Gasteiger partial charge on any atom is 0.243 e. The lowest BCUT2D eigenvalue weighted by Crippen LogP contribution is -2.52. The van der Waals surface area contributed by atoms with Crippen LogP contribution in [0.15, 0.2) is 76.2 Å². The zero-order chi connectivity index (χ0) is 24.7. The molecule has 1 atom stereocenters. The van der Waals surface area contributed by atoms with Gasteiger partial charge in [-0.05, 0) is 61.4 Å². The molecule has 180 valence electrons. The van der Waals surface area contributed by atoms with E-state index in [1.165, 1.54) is 11.2 Å². The number of para-hydroxylation sites is 1. The van der Waals surface area contributed by atoms with E-state index in [1.54, 1.807) is 50.2 Å². The summed E-state index contributed by atoms with van der Waals surface area (Å²) in [5, 5.41) is 2.76. The number of nitrogens with zero attached hydrogens (tertiary/aromatic N) is 1. The summed E-state index contributed by atoms with van der Waals surface area (Å²) < 4.78 is 45.8. The molecule has 3 rings (SSSR count). The third-order valence-corrected chi connectivity index (χ3v) is 6.62. The number of benzene rings is 2. The Bertz CT molecular complexity index is 1230. The first-order valence-corrected chi connectivity index (χ1v) is 12.1. The number of hydrogen-bond donors (Lipinski definition) is 2. The van der Waals surface area contributed by atoms with E-state index in [9.17, 15) is 22.4 Å². The van der Waals surface area contributed by atoms with Gasteiger partial charge in [-0.3, -0.25) is 14.5 Å². The lowest BCUT2D eigenvalue weighted by Gasteiger charge is -2.31. The lowest BCUT2D eigenvalue weighted by atomic mass is 10.1. The van der Waals surface area contributed by atoms with Crippen LogP contribution in [-0.4, -0.2) is 32.8 Å². The second kappa shape index (κ2) is 11.1. The third kappa shape index (κ3) is 6.09. The lowest BCUT2D eigenvalue weighted by molar-refractivity contribution is -0.126. The van der Waals surface area contributed by atoms with Gasteiger partial charge in [0.25, 0.3) is 0 Å². The molecule has 0 aliphatic rings. The average molecular weight is 488 g/mol. The maximum absolute atomic E-state index is 13.3. The molecule has 0 spiro atoms. The highest BCUT2D eigenvalue weighted by Gasteiger charge is 2.31. The van der Waals surface area contributed by atoms with Crippen LogP contribution in [-0.2, 0) is 26.2 Å². The van der Waals surface area contributed by atoms with Gasteiger partial charge >= 0.3 is 0 Å². The first-order valence-electron chi connectivity index (χ1n) is 10.7. The highest BCUT2D eigenvalue weighted by molar-refractivity contribution is 7.89. The molecule has 2 N–H and O–H groups in total. The molecule has 2 aromatic carbocycles. The van der Waals surface area contributed by atoms with Crippen LogP contribution in [0, 0.1) is 12.7 Å². The monoisotopic (exact) mass is 487 g/mol. The minimum atomic E-state index is -4.07. The topological polar surface area (TPSA) is 109 Å². The fraction of sp³-hybridized carbons (Fsp3) is 0.250. The number of carbonyl (C=O) groups is 2. The summed E-state index contributed by atoms with van der Waals surface area (Å²) in [4.78, 5) is 27.5. The number of nitrogens with one attached hydrogen (secondary N) is 2. The number of amides is 2. The van der Waals surface area contributed by atoms with Gasteiger partial charge in [-0.15, -0.1) is 0 Å². The fourth-order valence-corrected chi connectivity index (χ4v) is 4.41. The molecule has 8 nitrogen and oxygen atoms in total. The van der Waals surface area contributed by atoms with Crippen molar-refractivity contribution in [1.29, 1.82) is 0 Å². The number of carbonyl (C=O) groups excluding carboxylic acids is 2. The van der Waals surface area contributed by atoms with Crippen molar-refractivity contribution in [3.05, 3.63) is 84.1 Å². The maximum atomic E-state index is 13.3. The summed E-state index contributed by atoms with van der Waals surface area (Å²) in [6, 6.07) is 13.8. The van der Waals surface area contributed by atoms with Crippen molar-refractivity contribution in [2.75, 3.05) is 11.4 Å². The summed E-state index contributed by atoms with van der Waals surface area (Å²) in [6.07, 6.45) is 1.78. The van der Waals surface area contributed by atoms with Gasteiger partial charge in [0.2, 0.25) is 21.8 Å². The number of furan rings is 1. The molecule has 34 heavy (non-hydrogen) atoms. The Morgan fingerprint density at radius 1 is 1.06 bits per heavy atom. The molecule has 0 radical (unpaired) electrons. The number of anilines is 1. The highest BCUT2D eigenvalue weighted by Crippen LogP contribution is 2.24. The number of halogens is 1. The molecule has 1 unspecified atom stereocenters. The summed E-state index contributed by atoms with van der Waals surface area (Å²) in [5.74, 6) is -1.03. The van der Waals surface area contributed by atoms with Crippen molar-refractivity contribution >= 4 is 27.5 Å². The van der Waals surface area contributed by atoms with Crippen LogP contribution in [0.5, 0.6) is 0 Å². The predicted molar refractivity (Wildman–Crippen MR) is 125 cm³/mol. The Morgan fingerprint density at radius 2 is 1.76 bits per heavy atom. The minimum absolute atomic E-state index is 0.148. The number of aryl methyl sites for hydroxylation is 1. The van der Waals surface area contributed by atoms with Gasteiger partial charge in [-0.2, -0.15) is 0 Å². The van der Waals surface area contributed by atoms with E-state index in [4.69, 9.17) is 4.42 Å². The first kappa shape index (κ1) is 25.1. The standard InChI is InChI=1S/C24H26FN3O5S/c1-3-21(24(30)26-15-19-8-6-14-33-19)28(22-9-5-4-7-17(22)2)23(29)16-27-34(31,32)20-12-10-18(25)11-13-20/h4-14,21,27H,3,15-16H2,1-2H3,(H,26,30). The second-order valence-electron chi connectivity index (χ2n) is 7.55. The molecule has 1 aromatic heterocycles. The van der Waals surface area contributed by atoms with Gasteiger partial charge in [-0.1, -0.05) is 25.1 Å². The van der Waals surface area contributed by atoms with Crippen molar-refractivity contribution in [2.45, 2.75) is 37.8 Å². The predicted octanol–water partition coefficient (Wildman–Crippen LogP) is 3.13. The average Bonchev–Trinajstić information content (AvgIpc) is 3.34. The molecule has 0 saturated heterocycles. The van der Waals surface area contributed by atoms with Gasteiger partial charge in [0.15, 0.2) is 0 Å². The van der Waals surface area contributed by atoms with Gasteiger partial charge < -0.3 is 9.73 Å². The zero-order valence-electron chi connectivity index (χ0n) is 18.8. The number of hydrogen-bond acceptors (Lipinski definition) is 5. The molecule has 1 heterocycles. The van der Waals surface area contributed by atoms with Gasteiger partial charge in [0.1, 0.15) is 17.6 Å². The molecular formula is C24H26FN3O5S. The van der Waals surface area contributed by atoms with Crippen LogP contribution < -0.4 is 14.9 Å². The zero-order valence-corrected chi connectivity index (χ0v) is 19.6. The van der Waals surface area contributed by atoms with Crippen LogP contribution in [0.3, 0.4) is 0 Å². The molecule has 0 bridgehead atoms. The summed E-state index contributed by atoms with van der Waals surface area (Å²) in [6.45, 7) is 3.12. The molecule has 0 aliphatic heterocycles. The molecule has 3 aromatic rings. The van der Waals surface area contributed by atoms with Crippen molar-refractivity contribution in [3.63, 3.8) is 0 Å². The molecule has 0 fully saturated rings. The first-order chi connectivity index (χ1) is 16.2. The Kier molecular flexibility index (Phi) is 8.19. The number of rotatable bonds is 10. The molecule has 10 heteroatoms. The van der Waals surface area contributed by atoms with E-state index >= 15 is 0 Å². The van der Waals surface area contributed by atoms with E-state index in [1.807, 2.05) is 0 Å². The second-order valence-corrected chi connectivity index (χ2v) is 9.32. The van der Waals surface area contributed by atoms with Crippen LogP contribution in [0.25, 0.3) is 0 Å². The van der Waals surface area contributed by atoms with E-state index in [2.05, 4.69) is 10.0 Å². The van der Waals surface area contributed by atoms with E-state index in [0.29, 0.717) is 11.4 Å². The van der Waals surface area contributed by atoms with E-state index in [-0.39, 0.29) is 17.9 Å². The highest BCUT2D eigenvalue weighted by atomic mass is 32.2. The third-order valence-electron chi connectivity index (χ3n) is 5.20. The Balaban J connectivity index is 1.83. The molecule has 2 amide bonds. The van der Waals surface area contributed by atoms with E-state index < -0.39 is 40.2 Å². The van der Waals surface area contributed by atoms with Crippen LogP contribution in [0.2, 0.25) is 0 Å². The van der Waals surface area contributed by atoms with Crippen molar-refractivity contribution in [1.82, 2.24) is 10.0 Å². The van der Waals surface area contributed by atoms with Gasteiger partial charge in [0.05, 0.1) is 24.2 Å². The number of sulfonamides is 1. The SMILES string of the molecule is CCC(C(=O)NCc1ccco1)N(C(=O)CNS(=O)(=O)c1ccc(F)cc1)c1ccccc1C. The fourth-order valence-electron chi connectivity index (χ4n) is 3.44. The van der Waals surface area contributed by atoms with Crippen molar-refractivity contribution < 1.29 is 26.8 Å². The van der Waals surface area contributed by atoms with Crippen LogP contribution in [0.4, 0.5) is 10.1 Å². The van der Waals surface area contributed by atoms with Crippen molar-refractivity contribution in [3.8, 4) is 0 Å². The Hall–Kier alpha value is -3.50. The summed E-state index contributed by atoms with van der Waals surface area (Å²) in [7, 11) is -4.07. The van der Waals surface area contributed by atoms with Crippen molar-refractivity contribution in [2.24, 2.45) is 0 Å². The quantitative estimate of drug-likeness (QED) is 0.457. The summed E-state index contributed by atoms with van der Waals surface area (Å²) >= 11 is 0. The van der Waals surface area contributed by atoms with E-state index in [0.717, 1.165) is 29.8 Å². The minimum Gasteiger partial charge on any atom is -0.467 e. The Morgan fingerprint density at radius 3 is 2.38 bits per heavy atom. The van der Waals surface area contributed by atoms with Gasteiger partial charge in [-0.25, -0.2) is 17.5 Å². The molecule has 0 saturated carbocycles. The largest absolute Gasteiger partial charge is 0.467 e. The molecule has 0 aliphatic carbocycles. The molecular weight excluding hydrogens is 461 g/mol. The summed E-state index contributed by atoms with van der Waals surface area (Å²) in [5.41, 5.74) is 1.24. The Labute approximate surface area is 197 Å². The smallest absolute Gasteiger partial charge is 0.243 e. The normalized spacial score (nSPS) is 12.2. The van der Waals surface area contributed by atoms with Crippen LogP contribution >= 0.6 is 0 Å².